The molecule has 174 valence electrons. The van der Waals surface area contributed by atoms with Gasteiger partial charge in [0.05, 0.1) is 36.5 Å². The number of fused-ring (bicyclic) bond motifs is 1. The molecule has 4 aromatic rings. The quantitative estimate of drug-likeness (QED) is 0.358. The van der Waals surface area contributed by atoms with Gasteiger partial charge in [0, 0.05) is 10.6 Å². The van der Waals surface area contributed by atoms with Crippen LogP contribution in [0.5, 0.6) is 11.5 Å². The van der Waals surface area contributed by atoms with Crippen LogP contribution in [0.3, 0.4) is 0 Å². The number of amides is 1. The monoisotopic (exact) mass is 479 g/mol. The van der Waals surface area contributed by atoms with Gasteiger partial charge in [0.25, 0.3) is 5.91 Å². The Labute approximate surface area is 200 Å². The number of methoxy groups -OCH3 is 2. The molecule has 0 aliphatic carbocycles. The average Bonchev–Trinajstić information content (AvgIpc) is 3.27. The van der Waals surface area contributed by atoms with Gasteiger partial charge in [-0.2, -0.15) is 0 Å². The van der Waals surface area contributed by atoms with Gasteiger partial charge in [-0.3, -0.25) is 4.79 Å². The summed E-state index contributed by atoms with van der Waals surface area (Å²) in [4.78, 5) is 33.0. The lowest BCUT2D eigenvalue weighted by Gasteiger charge is -2.15. The molecule has 1 amide bonds. The van der Waals surface area contributed by atoms with E-state index in [0.29, 0.717) is 33.3 Å². The predicted octanol–water partition coefficient (Wildman–Crippen LogP) is 5.08. The molecule has 0 fully saturated rings. The molecule has 4 rings (SSSR count). The molecule has 0 aliphatic heterocycles. The van der Waals surface area contributed by atoms with Gasteiger partial charge in [-0.25, -0.2) is 9.78 Å². The highest BCUT2D eigenvalue weighted by Crippen LogP contribution is 2.28. The number of rotatable bonds is 7. The molecule has 0 bridgehead atoms. The molecule has 34 heavy (non-hydrogen) atoms. The first kappa shape index (κ1) is 23.1. The minimum Gasteiger partial charge on any atom is -0.497 e. The fraction of sp³-hybridized carbons (Fsp3) is 0.160. The number of H-pyrrole nitrogens is 1. The first-order valence-electron chi connectivity index (χ1n) is 10.4. The normalized spacial score (nSPS) is 11.6. The van der Waals surface area contributed by atoms with E-state index >= 15 is 0 Å². The third-order valence-electron chi connectivity index (χ3n) is 5.15. The first-order chi connectivity index (χ1) is 16.4. The number of carbonyl (C=O) groups is 2. The number of carbonyl (C=O) groups excluding carboxylic acids is 2. The Hall–Kier alpha value is -4.04. The molecule has 1 aromatic heterocycles. The van der Waals surface area contributed by atoms with Crippen molar-refractivity contribution in [3.05, 3.63) is 71.2 Å². The molecule has 0 spiro atoms. The second-order valence-electron chi connectivity index (χ2n) is 7.43. The zero-order valence-electron chi connectivity index (χ0n) is 18.7. The Balaban J connectivity index is 1.46. The second kappa shape index (κ2) is 9.84. The second-order valence-corrected chi connectivity index (χ2v) is 7.86. The van der Waals surface area contributed by atoms with Crippen LogP contribution in [-0.2, 0) is 9.53 Å². The minimum absolute atomic E-state index is 0.289. The lowest BCUT2D eigenvalue weighted by Crippen LogP contribution is -2.30. The van der Waals surface area contributed by atoms with Gasteiger partial charge in [0.15, 0.2) is 6.10 Å². The summed E-state index contributed by atoms with van der Waals surface area (Å²) >= 11 is 6.00. The molecule has 0 radical (unpaired) electrons. The Morgan fingerprint density at radius 1 is 1.00 bits per heavy atom. The maximum absolute atomic E-state index is 12.7. The van der Waals surface area contributed by atoms with Crippen LogP contribution in [0.1, 0.15) is 17.3 Å². The van der Waals surface area contributed by atoms with Crippen molar-refractivity contribution in [3.8, 4) is 22.9 Å². The maximum Gasteiger partial charge on any atom is 0.338 e. The van der Waals surface area contributed by atoms with Crippen molar-refractivity contribution in [1.29, 1.82) is 0 Å². The van der Waals surface area contributed by atoms with Gasteiger partial charge >= 0.3 is 5.97 Å². The lowest BCUT2D eigenvalue weighted by molar-refractivity contribution is -0.123. The van der Waals surface area contributed by atoms with Crippen molar-refractivity contribution in [2.24, 2.45) is 0 Å². The number of ether oxygens (including phenoxy) is 3. The number of anilines is 1. The number of aromatic amines is 1. The minimum atomic E-state index is -1.05. The number of halogens is 1. The van der Waals surface area contributed by atoms with E-state index in [-0.39, 0.29) is 5.56 Å². The molecule has 3 aromatic carbocycles. The van der Waals surface area contributed by atoms with Crippen LogP contribution < -0.4 is 14.8 Å². The molecule has 1 atom stereocenters. The van der Waals surface area contributed by atoms with E-state index in [1.807, 2.05) is 24.3 Å². The number of hydrogen-bond acceptors (Lipinski definition) is 6. The molecular weight excluding hydrogens is 458 g/mol. The predicted molar refractivity (Wildman–Crippen MR) is 130 cm³/mol. The highest BCUT2D eigenvalue weighted by molar-refractivity contribution is 6.31. The smallest absolute Gasteiger partial charge is 0.338 e. The SMILES string of the molecule is COc1ccc(-c2nc3ccc(C(=O)OC(C)C(=O)Nc4cc(Cl)ccc4OC)cc3[nH]2)cc1. The third kappa shape index (κ3) is 4.97. The van der Waals surface area contributed by atoms with Gasteiger partial charge in [0.2, 0.25) is 0 Å². The summed E-state index contributed by atoms with van der Waals surface area (Å²) < 4.78 is 15.8. The third-order valence-corrected chi connectivity index (χ3v) is 5.39. The van der Waals surface area contributed by atoms with Gasteiger partial charge in [-0.1, -0.05) is 11.6 Å². The molecule has 0 saturated carbocycles. The van der Waals surface area contributed by atoms with Crippen LogP contribution in [-0.4, -0.2) is 42.2 Å². The van der Waals surface area contributed by atoms with Crippen molar-refractivity contribution in [1.82, 2.24) is 9.97 Å². The number of benzene rings is 3. The fourth-order valence-corrected chi connectivity index (χ4v) is 3.49. The van der Waals surface area contributed by atoms with E-state index in [9.17, 15) is 9.59 Å². The summed E-state index contributed by atoms with van der Waals surface area (Å²) in [6.07, 6.45) is -1.05. The van der Waals surface area contributed by atoms with Crippen LogP contribution in [0.15, 0.2) is 60.7 Å². The molecule has 0 aliphatic rings. The van der Waals surface area contributed by atoms with Crippen LogP contribution >= 0.6 is 11.6 Å². The molecule has 0 saturated heterocycles. The summed E-state index contributed by atoms with van der Waals surface area (Å²) in [5.74, 6) is 0.693. The Morgan fingerprint density at radius 3 is 2.47 bits per heavy atom. The van der Waals surface area contributed by atoms with Gasteiger partial charge in [-0.05, 0) is 67.6 Å². The number of esters is 1. The van der Waals surface area contributed by atoms with Crippen molar-refractivity contribution < 1.29 is 23.8 Å². The molecule has 8 nitrogen and oxygen atoms in total. The Morgan fingerprint density at radius 2 is 1.76 bits per heavy atom. The molecule has 1 heterocycles. The van der Waals surface area contributed by atoms with Crippen molar-refractivity contribution in [3.63, 3.8) is 0 Å². The highest BCUT2D eigenvalue weighted by atomic mass is 35.5. The van der Waals surface area contributed by atoms with E-state index < -0.39 is 18.0 Å². The highest BCUT2D eigenvalue weighted by Gasteiger charge is 2.21. The maximum atomic E-state index is 12.7. The molecule has 1 unspecified atom stereocenters. The number of nitrogens with zero attached hydrogens (tertiary/aromatic N) is 1. The van der Waals surface area contributed by atoms with Crippen LogP contribution in [0.2, 0.25) is 5.02 Å². The first-order valence-corrected chi connectivity index (χ1v) is 10.8. The number of aromatic nitrogens is 2. The topological polar surface area (TPSA) is 103 Å². The fourth-order valence-electron chi connectivity index (χ4n) is 3.32. The number of nitrogens with one attached hydrogen (secondary N) is 2. The van der Waals surface area contributed by atoms with Crippen LogP contribution in [0.25, 0.3) is 22.4 Å². The summed E-state index contributed by atoms with van der Waals surface area (Å²) in [5, 5.41) is 3.10. The molecular formula is C25H22ClN3O5. The van der Waals surface area contributed by atoms with Crippen LogP contribution in [0, 0.1) is 0 Å². The van der Waals surface area contributed by atoms with Gasteiger partial charge in [0.1, 0.15) is 17.3 Å². The summed E-state index contributed by atoms with van der Waals surface area (Å²) in [5.41, 5.74) is 2.91. The standard InChI is InChI=1S/C25H22ClN3O5/c1-14(24(30)29-21-13-17(26)7-11-22(21)33-3)34-25(31)16-6-10-19-20(12-16)28-23(27-19)15-4-8-18(32-2)9-5-15/h4-14H,1-3H3,(H,27,28)(H,29,30). The zero-order valence-corrected chi connectivity index (χ0v) is 19.5. The van der Waals surface area contributed by atoms with E-state index in [1.165, 1.54) is 14.0 Å². The van der Waals surface area contributed by atoms with E-state index in [0.717, 1.165) is 11.3 Å². The van der Waals surface area contributed by atoms with Crippen molar-refractivity contribution in [2.45, 2.75) is 13.0 Å². The largest absolute Gasteiger partial charge is 0.497 e. The number of imidazole rings is 1. The van der Waals surface area contributed by atoms with Gasteiger partial charge < -0.3 is 24.5 Å². The van der Waals surface area contributed by atoms with Gasteiger partial charge in [-0.15, -0.1) is 0 Å². The molecule has 2 N–H and O–H groups in total. The van der Waals surface area contributed by atoms with Crippen LogP contribution in [0.4, 0.5) is 5.69 Å². The lowest BCUT2D eigenvalue weighted by atomic mass is 10.2. The van der Waals surface area contributed by atoms with E-state index in [2.05, 4.69) is 15.3 Å². The molecule has 9 heteroatoms. The van der Waals surface area contributed by atoms with Crippen molar-refractivity contribution in [2.75, 3.05) is 19.5 Å². The Bertz CT molecular complexity index is 1350. The van der Waals surface area contributed by atoms with Crippen molar-refractivity contribution >= 4 is 40.2 Å². The summed E-state index contributed by atoms with van der Waals surface area (Å²) in [7, 11) is 3.09. The van der Waals surface area contributed by atoms with E-state index in [1.54, 1.807) is 43.5 Å². The Kier molecular flexibility index (Phi) is 6.70. The number of hydrogen-bond donors (Lipinski definition) is 2. The average molecular weight is 480 g/mol. The zero-order chi connectivity index (χ0) is 24.2. The van der Waals surface area contributed by atoms with E-state index in [4.69, 9.17) is 25.8 Å². The summed E-state index contributed by atoms with van der Waals surface area (Å²) in [6, 6.07) is 17.3. The summed E-state index contributed by atoms with van der Waals surface area (Å²) in [6.45, 7) is 1.49.